The Morgan fingerprint density at radius 2 is 2.00 bits per heavy atom. The molecule has 5 nitrogen and oxygen atoms in total. The molecule has 1 amide bonds. The summed E-state index contributed by atoms with van der Waals surface area (Å²) in [5, 5.41) is 5.98. The number of rotatable bonds is 5. The molecular weight excluding hydrogens is 324 g/mol. The summed E-state index contributed by atoms with van der Waals surface area (Å²) in [4.78, 5) is 11.7. The van der Waals surface area contributed by atoms with Crippen molar-refractivity contribution in [2.75, 3.05) is 20.4 Å². The molecule has 0 spiro atoms. The maximum atomic E-state index is 11.7. The van der Waals surface area contributed by atoms with E-state index in [1.807, 2.05) is 26.0 Å². The molecule has 1 aromatic rings. The number of benzene rings is 1. The molecule has 0 saturated heterocycles. The standard InChI is InChI=1S/C14H19BrN2O3/c1-14(2,13(18)16-3)7-17-6-9-4-11-12(5-10(9)15)20-8-19-11/h4-5,17H,6-8H2,1-3H3,(H,16,18). The highest BCUT2D eigenvalue weighted by Gasteiger charge is 2.26. The Kier molecular flexibility index (Phi) is 4.55. The van der Waals surface area contributed by atoms with Gasteiger partial charge in [0, 0.05) is 24.6 Å². The summed E-state index contributed by atoms with van der Waals surface area (Å²) < 4.78 is 11.6. The molecule has 0 atom stereocenters. The third kappa shape index (κ3) is 3.24. The van der Waals surface area contributed by atoms with Crippen LogP contribution in [0, 0.1) is 5.41 Å². The molecule has 20 heavy (non-hydrogen) atoms. The smallest absolute Gasteiger partial charge is 0.231 e. The molecule has 0 unspecified atom stereocenters. The molecule has 0 bridgehead atoms. The van der Waals surface area contributed by atoms with E-state index >= 15 is 0 Å². The lowest BCUT2D eigenvalue weighted by molar-refractivity contribution is -0.128. The van der Waals surface area contributed by atoms with E-state index in [0.29, 0.717) is 13.1 Å². The lowest BCUT2D eigenvalue weighted by Gasteiger charge is -2.23. The van der Waals surface area contributed by atoms with Crippen LogP contribution in [0.3, 0.4) is 0 Å². The van der Waals surface area contributed by atoms with E-state index in [2.05, 4.69) is 26.6 Å². The van der Waals surface area contributed by atoms with Gasteiger partial charge in [0.1, 0.15) is 0 Å². The molecule has 0 saturated carbocycles. The number of ether oxygens (including phenoxy) is 2. The predicted octanol–water partition coefficient (Wildman–Crippen LogP) is 2.04. The molecule has 2 rings (SSSR count). The van der Waals surface area contributed by atoms with Crippen LogP contribution in [0.2, 0.25) is 0 Å². The van der Waals surface area contributed by atoms with Gasteiger partial charge in [0.25, 0.3) is 0 Å². The molecule has 1 aliphatic heterocycles. The first kappa shape index (κ1) is 15.1. The minimum absolute atomic E-state index is 0.0229. The zero-order valence-corrected chi connectivity index (χ0v) is 13.5. The van der Waals surface area contributed by atoms with E-state index in [1.54, 1.807) is 7.05 Å². The lowest BCUT2D eigenvalue weighted by atomic mass is 9.92. The van der Waals surface area contributed by atoms with Gasteiger partial charge in [-0.1, -0.05) is 15.9 Å². The summed E-state index contributed by atoms with van der Waals surface area (Å²) in [6, 6.07) is 3.86. The van der Waals surface area contributed by atoms with Crippen molar-refractivity contribution in [2.45, 2.75) is 20.4 Å². The van der Waals surface area contributed by atoms with E-state index in [9.17, 15) is 4.79 Å². The fraction of sp³-hybridized carbons (Fsp3) is 0.500. The van der Waals surface area contributed by atoms with Crippen LogP contribution >= 0.6 is 15.9 Å². The van der Waals surface area contributed by atoms with Crippen molar-refractivity contribution in [1.82, 2.24) is 10.6 Å². The summed E-state index contributed by atoms with van der Waals surface area (Å²) in [6.07, 6.45) is 0. The van der Waals surface area contributed by atoms with E-state index in [-0.39, 0.29) is 12.7 Å². The molecule has 1 aliphatic rings. The minimum Gasteiger partial charge on any atom is -0.454 e. The van der Waals surface area contributed by atoms with Gasteiger partial charge < -0.3 is 20.1 Å². The Hall–Kier alpha value is -1.27. The number of nitrogens with one attached hydrogen (secondary N) is 2. The van der Waals surface area contributed by atoms with Crippen LogP contribution < -0.4 is 20.1 Å². The summed E-state index contributed by atoms with van der Waals surface area (Å²) in [5.74, 6) is 1.54. The monoisotopic (exact) mass is 342 g/mol. The van der Waals surface area contributed by atoms with Gasteiger partial charge in [-0.3, -0.25) is 4.79 Å². The number of amides is 1. The van der Waals surface area contributed by atoms with Gasteiger partial charge in [0.15, 0.2) is 11.5 Å². The maximum Gasteiger partial charge on any atom is 0.231 e. The molecule has 0 fully saturated rings. The average Bonchev–Trinajstić information content (AvgIpc) is 2.84. The van der Waals surface area contributed by atoms with Gasteiger partial charge >= 0.3 is 0 Å². The molecular formula is C14H19BrN2O3. The van der Waals surface area contributed by atoms with Crippen molar-refractivity contribution in [3.05, 3.63) is 22.2 Å². The Balaban J connectivity index is 1.96. The van der Waals surface area contributed by atoms with Crippen molar-refractivity contribution in [2.24, 2.45) is 5.41 Å². The third-order valence-electron chi connectivity index (χ3n) is 3.27. The van der Waals surface area contributed by atoms with Crippen molar-refractivity contribution in [3.8, 4) is 11.5 Å². The number of hydrogen-bond donors (Lipinski definition) is 2. The van der Waals surface area contributed by atoms with Gasteiger partial charge in [0.2, 0.25) is 12.7 Å². The molecule has 1 aromatic carbocycles. The second kappa shape index (κ2) is 6.01. The van der Waals surface area contributed by atoms with Crippen LogP contribution in [-0.2, 0) is 11.3 Å². The first-order valence-electron chi connectivity index (χ1n) is 6.45. The first-order valence-corrected chi connectivity index (χ1v) is 7.24. The van der Waals surface area contributed by atoms with Crippen LogP contribution in [0.4, 0.5) is 0 Å². The van der Waals surface area contributed by atoms with Crippen molar-refractivity contribution >= 4 is 21.8 Å². The summed E-state index contributed by atoms with van der Waals surface area (Å²) >= 11 is 3.52. The number of carbonyl (C=O) groups is 1. The van der Waals surface area contributed by atoms with Gasteiger partial charge in [-0.25, -0.2) is 0 Å². The van der Waals surface area contributed by atoms with E-state index in [0.717, 1.165) is 21.5 Å². The van der Waals surface area contributed by atoms with Gasteiger partial charge in [-0.05, 0) is 31.5 Å². The largest absolute Gasteiger partial charge is 0.454 e. The Morgan fingerprint density at radius 1 is 1.35 bits per heavy atom. The SMILES string of the molecule is CNC(=O)C(C)(C)CNCc1cc2c(cc1Br)OCO2. The maximum absolute atomic E-state index is 11.7. The highest BCUT2D eigenvalue weighted by Crippen LogP contribution is 2.36. The summed E-state index contributed by atoms with van der Waals surface area (Å²) in [5.41, 5.74) is 0.624. The molecule has 0 radical (unpaired) electrons. The first-order chi connectivity index (χ1) is 9.44. The Morgan fingerprint density at radius 3 is 2.65 bits per heavy atom. The number of fused-ring (bicyclic) bond motifs is 1. The van der Waals surface area contributed by atoms with Gasteiger partial charge in [-0.15, -0.1) is 0 Å². The van der Waals surface area contributed by atoms with E-state index in [4.69, 9.17) is 9.47 Å². The van der Waals surface area contributed by atoms with Crippen molar-refractivity contribution in [3.63, 3.8) is 0 Å². The molecule has 1 heterocycles. The topological polar surface area (TPSA) is 59.6 Å². The van der Waals surface area contributed by atoms with Crippen molar-refractivity contribution < 1.29 is 14.3 Å². The zero-order chi connectivity index (χ0) is 14.8. The second-order valence-electron chi connectivity index (χ2n) is 5.36. The predicted molar refractivity (Wildman–Crippen MR) is 79.8 cm³/mol. The van der Waals surface area contributed by atoms with Crippen LogP contribution in [0.5, 0.6) is 11.5 Å². The molecule has 6 heteroatoms. The average molecular weight is 343 g/mol. The number of hydrogen-bond acceptors (Lipinski definition) is 4. The van der Waals surface area contributed by atoms with Crippen LogP contribution in [0.25, 0.3) is 0 Å². The van der Waals surface area contributed by atoms with Crippen LogP contribution in [-0.4, -0.2) is 26.3 Å². The van der Waals surface area contributed by atoms with E-state index < -0.39 is 5.41 Å². The quantitative estimate of drug-likeness (QED) is 0.859. The highest BCUT2D eigenvalue weighted by molar-refractivity contribution is 9.10. The molecule has 0 aliphatic carbocycles. The second-order valence-corrected chi connectivity index (χ2v) is 6.22. The van der Waals surface area contributed by atoms with Crippen LogP contribution in [0.15, 0.2) is 16.6 Å². The van der Waals surface area contributed by atoms with Crippen LogP contribution in [0.1, 0.15) is 19.4 Å². The van der Waals surface area contributed by atoms with E-state index in [1.165, 1.54) is 0 Å². The molecule has 0 aromatic heterocycles. The fourth-order valence-electron chi connectivity index (χ4n) is 2.02. The number of carbonyl (C=O) groups excluding carboxylic acids is 1. The van der Waals surface area contributed by atoms with Crippen molar-refractivity contribution in [1.29, 1.82) is 0 Å². The highest BCUT2D eigenvalue weighted by atomic mass is 79.9. The fourth-order valence-corrected chi connectivity index (χ4v) is 2.49. The summed E-state index contributed by atoms with van der Waals surface area (Å²) in [7, 11) is 1.65. The minimum atomic E-state index is -0.447. The van der Waals surface area contributed by atoms with Gasteiger partial charge in [-0.2, -0.15) is 0 Å². The lowest BCUT2D eigenvalue weighted by Crippen LogP contribution is -2.41. The Labute approximate surface area is 127 Å². The third-order valence-corrected chi connectivity index (χ3v) is 4.00. The molecule has 2 N–H and O–H groups in total. The Bertz CT molecular complexity index is 517. The number of halogens is 1. The zero-order valence-electron chi connectivity index (χ0n) is 11.9. The molecule has 110 valence electrons. The van der Waals surface area contributed by atoms with Gasteiger partial charge in [0.05, 0.1) is 5.41 Å². The normalized spacial score (nSPS) is 13.4. The summed E-state index contributed by atoms with van der Waals surface area (Å²) in [6.45, 7) is 5.33.